The van der Waals surface area contributed by atoms with E-state index in [-0.39, 0.29) is 0 Å². The maximum absolute atomic E-state index is 5.63. The van der Waals surface area contributed by atoms with Crippen LogP contribution in [-0.4, -0.2) is 31.6 Å². The minimum Gasteiger partial charge on any atom is -0.330 e. The lowest BCUT2D eigenvalue weighted by Crippen LogP contribution is -2.26. The first-order valence-corrected chi connectivity index (χ1v) is 7.11. The Bertz CT molecular complexity index is 164. The molecule has 1 unspecified atom stereocenters. The highest BCUT2D eigenvalue weighted by atomic mass is 15.1. The second kappa shape index (κ2) is 8.08. The van der Waals surface area contributed by atoms with E-state index < -0.39 is 0 Å². The molecule has 0 heterocycles. The molecule has 0 aromatic heterocycles. The average Bonchev–Trinajstić information content (AvgIpc) is 2.34. The minimum absolute atomic E-state index is 0.678. The van der Waals surface area contributed by atoms with E-state index in [0.29, 0.717) is 5.92 Å². The molecule has 2 nitrogen and oxygen atoms in total. The van der Waals surface area contributed by atoms with E-state index in [1.54, 1.807) is 0 Å². The van der Waals surface area contributed by atoms with Crippen molar-refractivity contribution in [2.24, 2.45) is 17.6 Å². The largest absolute Gasteiger partial charge is 0.330 e. The standard InChI is InChI=1S/C14H30N2/c1-13(12-15)8-10-16(2)11-9-14-6-4-3-5-7-14/h13-14H,3-12,15H2,1-2H3. The molecule has 0 radical (unpaired) electrons. The van der Waals surface area contributed by atoms with Crippen molar-refractivity contribution in [2.75, 3.05) is 26.7 Å². The van der Waals surface area contributed by atoms with E-state index in [1.807, 2.05) is 0 Å². The van der Waals surface area contributed by atoms with Crippen LogP contribution in [0.5, 0.6) is 0 Å². The van der Waals surface area contributed by atoms with E-state index in [4.69, 9.17) is 5.73 Å². The molecule has 16 heavy (non-hydrogen) atoms. The predicted molar refractivity (Wildman–Crippen MR) is 71.5 cm³/mol. The maximum atomic E-state index is 5.63. The molecule has 1 aliphatic carbocycles. The molecule has 96 valence electrons. The Morgan fingerprint density at radius 1 is 1.19 bits per heavy atom. The summed E-state index contributed by atoms with van der Waals surface area (Å²) in [5, 5.41) is 0. The second-order valence-corrected chi connectivity index (χ2v) is 5.73. The minimum atomic E-state index is 0.678. The monoisotopic (exact) mass is 226 g/mol. The zero-order valence-electron chi connectivity index (χ0n) is 11.3. The summed E-state index contributed by atoms with van der Waals surface area (Å²) in [5.41, 5.74) is 5.63. The highest BCUT2D eigenvalue weighted by Crippen LogP contribution is 2.26. The Morgan fingerprint density at radius 3 is 2.50 bits per heavy atom. The van der Waals surface area contributed by atoms with Crippen LogP contribution in [0.2, 0.25) is 0 Å². The van der Waals surface area contributed by atoms with E-state index in [0.717, 1.165) is 12.5 Å². The Balaban J connectivity index is 2.02. The van der Waals surface area contributed by atoms with Gasteiger partial charge in [-0.15, -0.1) is 0 Å². The summed E-state index contributed by atoms with van der Waals surface area (Å²) >= 11 is 0. The quantitative estimate of drug-likeness (QED) is 0.723. The fraction of sp³-hybridized carbons (Fsp3) is 1.00. The zero-order chi connectivity index (χ0) is 11.8. The summed E-state index contributed by atoms with van der Waals surface area (Å²) in [4.78, 5) is 2.49. The molecule has 0 amide bonds. The van der Waals surface area contributed by atoms with Crippen molar-refractivity contribution in [2.45, 2.75) is 51.9 Å². The molecule has 0 aromatic carbocycles. The van der Waals surface area contributed by atoms with Gasteiger partial charge in [-0.1, -0.05) is 39.0 Å². The van der Waals surface area contributed by atoms with Crippen LogP contribution in [-0.2, 0) is 0 Å². The lowest BCUT2D eigenvalue weighted by Gasteiger charge is -2.25. The first kappa shape index (κ1) is 14.0. The molecule has 1 saturated carbocycles. The van der Waals surface area contributed by atoms with E-state index in [1.165, 1.54) is 58.0 Å². The van der Waals surface area contributed by atoms with Crippen LogP contribution < -0.4 is 5.73 Å². The van der Waals surface area contributed by atoms with E-state index >= 15 is 0 Å². The maximum Gasteiger partial charge on any atom is -0.00188 e. The Labute approximate surface area is 102 Å². The van der Waals surface area contributed by atoms with E-state index in [9.17, 15) is 0 Å². The van der Waals surface area contributed by atoms with Crippen LogP contribution in [0.4, 0.5) is 0 Å². The van der Waals surface area contributed by atoms with Crippen LogP contribution in [0.15, 0.2) is 0 Å². The summed E-state index contributed by atoms with van der Waals surface area (Å²) in [7, 11) is 2.26. The first-order chi connectivity index (χ1) is 7.72. The molecule has 1 atom stereocenters. The molecule has 2 heteroatoms. The van der Waals surface area contributed by atoms with Crippen LogP contribution >= 0.6 is 0 Å². The van der Waals surface area contributed by atoms with Gasteiger partial charge in [-0.05, 0) is 51.4 Å². The molecule has 1 rings (SSSR count). The molecular formula is C14H30N2. The number of nitrogens with two attached hydrogens (primary N) is 1. The molecule has 0 aliphatic heterocycles. The highest BCUT2D eigenvalue weighted by Gasteiger charge is 2.13. The first-order valence-electron chi connectivity index (χ1n) is 7.11. The van der Waals surface area contributed by atoms with Crippen molar-refractivity contribution in [3.05, 3.63) is 0 Å². The fourth-order valence-electron chi connectivity index (χ4n) is 2.55. The van der Waals surface area contributed by atoms with Crippen molar-refractivity contribution in [1.29, 1.82) is 0 Å². The van der Waals surface area contributed by atoms with Crippen molar-refractivity contribution in [1.82, 2.24) is 4.90 Å². The molecule has 0 saturated heterocycles. The number of rotatable bonds is 7. The third-order valence-corrected chi connectivity index (χ3v) is 4.05. The lowest BCUT2D eigenvalue weighted by molar-refractivity contribution is 0.254. The van der Waals surface area contributed by atoms with Gasteiger partial charge >= 0.3 is 0 Å². The second-order valence-electron chi connectivity index (χ2n) is 5.73. The van der Waals surface area contributed by atoms with Gasteiger partial charge in [0.1, 0.15) is 0 Å². The predicted octanol–water partition coefficient (Wildman–Crippen LogP) is 2.87. The summed E-state index contributed by atoms with van der Waals surface area (Å²) < 4.78 is 0. The summed E-state index contributed by atoms with van der Waals surface area (Å²) in [6, 6.07) is 0. The van der Waals surface area contributed by atoms with Crippen molar-refractivity contribution in [3.63, 3.8) is 0 Å². The van der Waals surface area contributed by atoms with Crippen molar-refractivity contribution < 1.29 is 0 Å². The third-order valence-electron chi connectivity index (χ3n) is 4.05. The summed E-state index contributed by atoms with van der Waals surface area (Å²) in [6.07, 6.45) is 10.0. The van der Waals surface area contributed by atoms with Crippen LogP contribution in [0, 0.1) is 11.8 Å². The Morgan fingerprint density at radius 2 is 1.88 bits per heavy atom. The molecule has 1 aliphatic rings. The fourth-order valence-corrected chi connectivity index (χ4v) is 2.55. The third kappa shape index (κ3) is 5.86. The van der Waals surface area contributed by atoms with Crippen molar-refractivity contribution in [3.8, 4) is 0 Å². The summed E-state index contributed by atoms with van der Waals surface area (Å²) in [6.45, 7) is 5.57. The van der Waals surface area contributed by atoms with Gasteiger partial charge in [-0.25, -0.2) is 0 Å². The molecule has 2 N–H and O–H groups in total. The zero-order valence-corrected chi connectivity index (χ0v) is 11.3. The Hall–Kier alpha value is -0.0800. The van der Waals surface area contributed by atoms with Gasteiger partial charge in [0.15, 0.2) is 0 Å². The molecule has 0 aromatic rings. The van der Waals surface area contributed by atoms with Crippen LogP contribution in [0.3, 0.4) is 0 Å². The van der Waals surface area contributed by atoms with Crippen LogP contribution in [0.1, 0.15) is 51.9 Å². The number of hydrogen-bond acceptors (Lipinski definition) is 2. The lowest BCUT2D eigenvalue weighted by atomic mass is 9.87. The van der Waals surface area contributed by atoms with Gasteiger partial charge in [-0.3, -0.25) is 0 Å². The van der Waals surface area contributed by atoms with Gasteiger partial charge in [0.2, 0.25) is 0 Å². The molecule has 0 bridgehead atoms. The van der Waals surface area contributed by atoms with Gasteiger partial charge in [0, 0.05) is 0 Å². The van der Waals surface area contributed by atoms with Gasteiger partial charge in [0.25, 0.3) is 0 Å². The topological polar surface area (TPSA) is 29.3 Å². The van der Waals surface area contributed by atoms with Crippen molar-refractivity contribution >= 4 is 0 Å². The smallest absolute Gasteiger partial charge is 0.00188 e. The van der Waals surface area contributed by atoms with E-state index in [2.05, 4.69) is 18.9 Å². The van der Waals surface area contributed by atoms with Crippen LogP contribution in [0.25, 0.3) is 0 Å². The Kier molecular flexibility index (Phi) is 7.06. The number of nitrogens with zero attached hydrogens (tertiary/aromatic N) is 1. The number of hydrogen-bond donors (Lipinski definition) is 1. The normalized spacial score (nSPS) is 20.2. The molecule has 1 fully saturated rings. The highest BCUT2D eigenvalue weighted by molar-refractivity contribution is 4.67. The summed E-state index contributed by atoms with van der Waals surface area (Å²) in [5.74, 6) is 1.69. The van der Waals surface area contributed by atoms with Gasteiger partial charge in [0.05, 0.1) is 0 Å². The van der Waals surface area contributed by atoms with Gasteiger partial charge in [-0.2, -0.15) is 0 Å². The molecular weight excluding hydrogens is 196 g/mol. The molecule has 0 spiro atoms. The SMILES string of the molecule is CC(CN)CCN(C)CCC1CCCCC1. The average molecular weight is 226 g/mol. The van der Waals surface area contributed by atoms with Gasteiger partial charge < -0.3 is 10.6 Å².